The number of aromatic amines is 1. The lowest BCUT2D eigenvalue weighted by Crippen LogP contribution is -2.42. The number of carbonyl (C=O) groups is 2. The van der Waals surface area contributed by atoms with Crippen LogP contribution < -0.4 is 21.1 Å². The van der Waals surface area contributed by atoms with Gasteiger partial charge >= 0.3 is 0 Å². The molecule has 2 aromatic rings. The molecule has 0 spiro atoms. The minimum atomic E-state index is -0.211. The third-order valence-electron chi connectivity index (χ3n) is 6.54. The van der Waals surface area contributed by atoms with Crippen molar-refractivity contribution in [1.29, 1.82) is 0 Å². The Balaban J connectivity index is 1.75. The molecular weight excluding hydrogens is 484 g/mol. The summed E-state index contributed by atoms with van der Waals surface area (Å²) in [5, 5.41) is 5.94. The summed E-state index contributed by atoms with van der Waals surface area (Å²) in [6.45, 7) is 7.41. The zero-order valence-electron chi connectivity index (χ0n) is 20.0. The summed E-state index contributed by atoms with van der Waals surface area (Å²) in [6.07, 6.45) is 3.84. The molecule has 1 saturated carbocycles. The lowest BCUT2D eigenvalue weighted by Gasteiger charge is -2.37. The fourth-order valence-electron chi connectivity index (χ4n) is 4.72. The van der Waals surface area contributed by atoms with Crippen LogP contribution in [0.1, 0.15) is 65.3 Å². The van der Waals surface area contributed by atoms with Crippen molar-refractivity contribution < 1.29 is 9.59 Å². The topological polar surface area (TPSA) is 94.3 Å². The van der Waals surface area contributed by atoms with Crippen molar-refractivity contribution in [3.05, 3.63) is 61.0 Å². The summed E-state index contributed by atoms with van der Waals surface area (Å²) < 4.78 is 0.830. The Morgan fingerprint density at radius 1 is 1.12 bits per heavy atom. The highest BCUT2D eigenvalue weighted by Crippen LogP contribution is 2.32. The summed E-state index contributed by atoms with van der Waals surface area (Å²) >= 11 is 3.56. The summed E-state index contributed by atoms with van der Waals surface area (Å²) in [6, 6.07) is 6.35. The molecule has 7 nitrogen and oxygen atoms in total. The molecule has 1 aromatic heterocycles. The first-order valence-corrected chi connectivity index (χ1v) is 12.1. The highest BCUT2D eigenvalue weighted by Gasteiger charge is 2.26. The number of pyridine rings is 1. The quantitative estimate of drug-likeness (QED) is 0.542. The second-order valence-electron chi connectivity index (χ2n) is 9.04. The van der Waals surface area contributed by atoms with Crippen LogP contribution in [0, 0.1) is 20.8 Å². The molecule has 2 amide bonds. The van der Waals surface area contributed by atoms with E-state index in [2.05, 4.69) is 43.5 Å². The smallest absolute Gasteiger partial charge is 0.253 e. The number of halogens is 1. The van der Waals surface area contributed by atoms with E-state index in [4.69, 9.17) is 0 Å². The first-order chi connectivity index (χ1) is 15.6. The number of hydrogen-bond donors (Lipinski definition) is 3. The van der Waals surface area contributed by atoms with E-state index >= 15 is 0 Å². The van der Waals surface area contributed by atoms with Crippen LogP contribution >= 0.6 is 15.9 Å². The maximum Gasteiger partial charge on any atom is 0.253 e. The molecule has 1 heterocycles. The first kappa shape index (κ1) is 25.0. The third-order valence-corrected chi connectivity index (χ3v) is 7.00. The molecule has 33 heavy (non-hydrogen) atoms. The van der Waals surface area contributed by atoms with E-state index in [0.29, 0.717) is 17.2 Å². The molecule has 178 valence electrons. The van der Waals surface area contributed by atoms with Crippen molar-refractivity contribution in [2.24, 2.45) is 0 Å². The number of benzene rings is 1. The number of aryl methyl sites for hydroxylation is 2. The maximum absolute atomic E-state index is 13.1. The molecule has 1 fully saturated rings. The van der Waals surface area contributed by atoms with Gasteiger partial charge in [0.1, 0.15) is 0 Å². The molecule has 1 aromatic carbocycles. The maximum atomic E-state index is 13.1. The van der Waals surface area contributed by atoms with Gasteiger partial charge in [0.25, 0.3) is 11.5 Å². The molecule has 3 N–H and O–H groups in total. The number of carbonyl (C=O) groups excluding carboxylic acids is 2. The van der Waals surface area contributed by atoms with Crippen molar-refractivity contribution in [3.8, 4) is 0 Å². The predicted molar refractivity (Wildman–Crippen MR) is 135 cm³/mol. The monoisotopic (exact) mass is 516 g/mol. The van der Waals surface area contributed by atoms with E-state index in [1.807, 2.05) is 39.0 Å². The van der Waals surface area contributed by atoms with Gasteiger partial charge < -0.3 is 20.5 Å². The van der Waals surface area contributed by atoms with E-state index in [1.165, 1.54) is 0 Å². The molecule has 0 bridgehead atoms. The summed E-state index contributed by atoms with van der Waals surface area (Å²) in [5.41, 5.74) is 4.54. The number of nitrogens with zero attached hydrogens (tertiary/aromatic N) is 1. The Kier molecular flexibility index (Phi) is 8.00. The van der Waals surface area contributed by atoms with Crippen LogP contribution in [0.25, 0.3) is 0 Å². The molecular formula is C25H33BrN4O3. The highest BCUT2D eigenvalue weighted by molar-refractivity contribution is 9.10. The number of amides is 2. The van der Waals surface area contributed by atoms with Crippen LogP contribution in [-0.4, -0.2) is 35.9 Å². The summed E-state index contributed by atoms with van der Waals surface area (Å²) in [7, 11) is 2.06. The number of anilines is 1. The van der Waals surface area contributed by atoms with Crippen LogP contribution in [0.15, 0.2) is 27.5 Å². The van der Waals surface area contributed by atoms with Crippen molar-refractivity contribution >= 4 is 33.4 Å². The van der Waals surface area contributed by atoms with E-state index < -0.39 is 0 Å². The lowest BCUT2D eigenvalue weighted by molar-refractivity contribution is -0.119. The fraction of sp³-hybridized carbons (Fsp3) is 0.480. The zero-order valence-corrected chi connectivity index (χ0v) is 21.6. The number of aromatic nitrogens is 1. The van der Waals surface area contributed by atoms with Crippen molar-refractivity contribution in [3.63, 3.8) is 0 Å². The number of hydrogen-bond acceptors (Lipinski definition) is 4. The van der Waals surface area contributed by atoms with Crippen molar-refractivity contribution in [1.82, 2.24) is 15.6 Å². The largest absolute Gasteiger partial charge is 0.371 e. The SMILES string of the molecule is CC(=O)NC1CCC(N(C)c2cc(Br)cc(C(=O)NCc3c(C)cc(C)[nH]c3=O)c2C)CC1. The van der Waals surface area contributed by atoms with Crippen molar-refractivity contribution in [2.45, 2.75) is 72.0 Å². The van der Waals surface area contributed by atoms with Crippen LogP contribution in [0.3, 0.4) is 0 Å². The zero-order chi connectivity index (χ0) is 24.3. The average molecular weight is 517 g/mol. The molecule has 0 atom stereocenters. The molecule has 8 heteroatoms. The van der Waals surface area contributed by atoms with Gasteiger partial charge in [0.05, 0.1) is 0 Å². The third kappa shape index (κ3) is 6.05. The molecule has 3 rings (SSSR count). The normalized spacial score (nSPS) is 18.0. The van der Waals surface area contributed by atoms with Gasteiger partial charge in [-0.2, -0.15) is 0 Å². The minimum Gasteiger partial charge on any atom is -0.371 e. The molecule has 1 aliphatic carbocycles. The number of H-pyrrole nitrogens is 1. The molecule has 1 aliphatic rings. The number of nitrogens with one attached hydrogen (secondary N) is 3. The van der Waals surface area contributed by atoms with Gasteiger partial charge in [0, 0.05) is 59.6 Å². The Bertz CT molecular complexity index is 1100. The lowest BCUT2D eigenvalue weighted by atomic mass is 9.89. The van der Waals surface area contributed by atoms with Gasteiger partial charge in [0.15, 0.2) is 0 Å². The Labute approximate surface area is 203 Å². The van der Waals surface area contributed by atoms with Gasteiger partial charge in [0.2, 0.25) is 5.91 Å². The van der Waals surface area contributed by atoms with Crippen LogP contribution in [-0.2, 0) is 11.3 Å². The van der Waals surface area contributed by atoms with Gasteiger partial charge in [-0.25, -0.2) is 0 Å². The predicted octanol–water partition coefficient (Wildman–Crippen LogP) is 3.88. The molecule has 0 saturated heterocycles. The van der Waals surface area contributed by atoms with Crippen molar-refractivity contribution in [2.75, 3.05) is 11.9 Å². The second kappa shape index (κ2) is 10.5. The molecule has 0 aliphatic heterocycles. The van der Waals surface area contributed by atoms with Gasteiger partial charge in [-0.1, -0.05) is 15.9 Å². The van der Waals surface area contributed by atoms with Crippen LogP contribution in [0.4, 0.5) is 5.69 Å². The van der Waals surface area contributed by atoms with Gasteiger partial charge in [-0.15, -0.1) is 0 Å². The minimum absolute atomic E-state index is 0.0214. The second-order valence-corrected chi connectivity index (χ2v) is 9.96. The van der Waals surface area contributed by atoms with E-state index in [0.717, 1.165) is 52.7 Å². The van der Waals surface area contributed by atoms with E-state index in [-0.39, 0.29) is 30.0 Å². The molecule has 0 unspecified atom stereocenters. The van der Waals surface area contributed by atoms with E-state index in [1.54, 1.807) is 6.92 Å². The number of rotatable bonds is 6. The van der Waals surface area contributed by atoms with Gasteiger partial charge in [-0.3, -0.25) is 14.4 Å². The van der Waals surface area contributed by atoms with E-state index in [9.17, 15) is 14.4 Å². The Hall–Kier alpha value is -2.61. The fourth-order valence-corrected chi connectivity index (χ4v) is 5.17. The first-order valence-electron chi connectivity index (χ1n) is 11.3. The van der Waals surface area contributed by atoms with Crippen LogP contribution in [0.2, 0.25) is 0 Å². The Morgan fingerprint density at radius 3 is 2.39 bits per heavy atom. The molecule has 0 radical (unpaired) electrons. The summed E-state index contributed by atoms with van der Waals surface area (Å²) in [4.78, 5) is 41.7. The summed E-state index contributed by atoms with van der Waals surface area (Å²) in [5.74, 6) is -0.190. The van der Waals surface area contributed by atoms with Gasteiger partial charge in [-0.05, 0) is 75.8 Å². The van der Waals surface area contributed by atoms with Crippen LogP contribution in [0.5, 0.6) is 0 Å². The highest BCUT2D eigenvalue weighted by atomic mass is 79.9. The standard InChI is InChI=1S/C25H33BrN4O3/c1-14-10-15(2)28-25(33)22(14)13-27-24(32)21-11-18(26)12-23(16(21)3)30(5)20-8-6-19(7-9-20)29-17(4)31/h10-12,19-20H,6-9,13H2,1-5H3,(H,27,32)(H,28,33)(H,29,31). The average Bonchev–Trinajstić information content (AvgIpc) is 2.73. The Morgan fingerprint density at radius 2 is 1.79 bits per heavy atom.